The smallest absolute Gasteiger partial charge is 0.0437 e. The topological polar surface area (TPSA) is 41.3 Å². The molecule has 1 fully saturated rings. The van der Waals surface area contributed by atoms with Crippen LogP contribution in [-0.2, 0) is 0 Å². The molecule has 0 bridgehead atoms. The third-order valence-electron chi connectivity index (χ3n) is 3.66. The Hall–Kier alpha value is -0.120. The minimum atomic E-state index is 0.128. The van der Waals surface area contributed by atoms with E-state index in [1.54, 1.807) is 0 Å². The Balaban J connectivity index is 2.80. The molecule has 15 heavy (non-hydrogen) atoms. The van der Waals surface area contributed by atoms with Crippen molar-refractivity contribution in [2.45, 2.75) is 59.0 Å². The minimum absolute atomic E-state index is 0.128. The van der Waals surface area contributed by atoms with Crippen LogP contribution in [0.1, 0.15) is 47.5 Å². The van der Waals surface area contributed by atoms with Gasteiger partial charge in [0.15, 0.2) is 0 Å². The van der Waals surface area contributed by atoms with Gasteiger partial charge in [-0.1, -0.05) is 20.8 Å². The number of hydrazine groups is 1. The largest absolute Gasteiger partial charge is 0.297 e. The van der Waals surface area contributed by atoms with Crippen LogP contribution in [0, 0.1) is 5.41 Å². The molecule has 3 N–H and O–H groups in total. The summed E-state index contributed by atoms with van der Waals surface area (Å²) < 4.78 is 0. The van der Waals surface area contributed by atoms with Gasteiger partial charge in [0.2, 0.25) is 0 Å². The van der Waals surface area contributed by atoms with Crippen molar-refractivity contribution in [1.29, 1.82) is 0 Å². The first kappa shape index (κ1) is 12.9. The molecule has 3 nitrogen and oxygen atoms in total. The molecule has 1 heterocycles. The highest BCUT2D eigenvalue weighted by Gasteiger charge is 2.42. The van der Waals surface area contributed by atoms with E-state index in [-0.39, 0.29) is 11.0 Å². The molecule has 1 aliphatic rings. The van der Waals surface area contributed by atoms with E-state index in [1.807, 2.05) is 0 Å². The van der Waals surface area contributed by atoms with Crippen LogP contribution >= 0.6 is 0 Å². The van der Waals surface area contributed by atoms with E-state index >= 15 is 0 Å². The Kier molecular flexibility index (Phi) is 3.80. The van der Waals surface area contributed by atoms with Crippen LogP contribution in [0.25, 0.3) is 0 Å². The molecule has 1 rings (SSSR count). The second kappa shape index (κ2) is 4.40. The predicted octanol–water partition coefficient (Wildman–Crippen LogP) is 1.74. The van der Waals surface area contributed by atoms with E-state index in [4.69, 9.17) is 5.84 Å². The number of nitrogens with one attached hydrogen (secondary N) is 1. The Morgan fingerprint density at radius 2 is 1.53 bits per heavy atom. The molecule has 1 saturated heterocycles. The molecule has 1 atom stereocenters. The maximum Gasteiger partial charge on any atom is 0.0437 e. The summed E-state index contributed by atoms with van der Waals surface area (Å²) in [5.74, 6) is 5.74. The molecule has 3 heteroatoms. The zero-order valence-electron chi connectivity index (χ0n) is 10.9. The molecule has 0 aliphatic carbocycles. The molecule has 0 aromatic heterocycles. The second-order valence-electron chi connectivity index (χ2n) is 6.31. The molecule has 0 aromatic rings. The van der Waals surface area contributed by atoms with Crippen LogP contribution in [0.2, 0.25) is 0 Å². The first-order valence-corrected chi connectivity index (χ1v) is 6.01. The van der Waals surface area contributed by atoms with Gasteiger partial charge in [0, 0.05) is 11.6 Å². The Bertz CT molecular complexity index is 199. The summed E-state index contributed by atoms with van der Waals surface area (Å²) in [6, 6.07) is 0.308. The first-order valence-electron chi connectivity index (χ1n) is 6.01. The summed E-state index contributed by atoms with van der Waals surface area (Å²) in [6.45, 7) is 13.8. The number of nitrogens with two attached hydrogens (primary N) is 1. The molecule has 0 spiro atoms. The van der Waals surface area contributed by atoms with E-state index < -0.39 is 0 Å². The van der Waals surface area contributed by atoms with E-state index in [9.17, 15) is 0 Å². The van der Waals surface area contributed by atoms with Crippen LogP contribution in [0.5, 0.6) is 0 Å². The van der Waals surface area contributed by atoms with Crippen LogP contribution in [0.3, 0.4) is 0 Å². The maximum atomic E-state index is 5.74. The van der Waals surface area contributed by atoms with Crippen LogP contribution in [-0.4, -0.2) is 29.6 Å². The molecule has 1 aliphatic heterocycles. The van der Waals surface area contributed by atoms with Crippen molar-refractivity contribution >= 4 is 0 Å². The van der Waals surface area contributed by atoms with Gasteiger partial charge in [-0.2, -0.15) is 0 Å². The molecule has 0 radical (unpaired) electrons. The van der Waals surface area contributed by atoms with Crippen molar-refractivity contribution in [3.05, 3.63) is 0 Å². The summed E-state index contributed by atoms with van der Waals surface area (Å²) in [7, 11) is 0. The van der Waals surface area contributed by atoms with Crippen LogP contribution < -0.4 is 11.3 Å². The summed E-state index contributed by atoms with van der Waals surface area (Å²) in [6.07, 6.45) is 2.65. The molecule has 90 valence electrons. The van der Waals surface area contributed by atoms with Crippen molar-refractivity contribution < 1.29 is 0 Å². The lowest BCUT2D eigenvalue weighted by atomic mass is 9.75. The summed E-state index contributed by atoms with van der Waals surface area (Å²) >= 11 is 0. The quantitative estimate of drug-likeness (QED) is 0.554. The van der Waals surface area contributed by atoms with Crippen molar-refractivity contribution in [3.63, 3.8) is 0 Å². The predicted molar refractivity (Wildman–Crippen MR) is 65.5 cm³/mol. The van der Waals surface area contributed by atoms with Crippen LogP contribution in [0.4, 0.5) is 0 Å². The number of hydrogen-bond donors (Lipinski definition) is 2. The average molecular weight is 213 g/mol. The lowest BCUT2D eigenvalue weighted by molar-refractivity contribution is 0.0527. The molecular formula is C12H27N3. The number of hydrogen-bond acceptors (Lipinski definition) is 3. The van der Waals surface area contributed by atoms with Gasteiger partial charge in [0.25, 0.3) is 0 Å². The van der Waals surface area contributed by atoms with Gasteiger partial charge in [0.05, 0.1) is 0 Å². The standard InChI is InChI=1S/C12H27N3/c1-11(2,3)10(14-13)12(4,5)15-8-6-7-9-15/h10,14H,6-9,13H2,1-5H3. The molecule has 0 saturated carbocycles. The lowest BCUT2D eigenvalue weighted by Crippen LogP contribution is -2.63. The normalized spacial score (nSPS) is 22.0. The van der Waals surface area contributed by atoms with E-state index in [0.29, 0.717) is 6.04 Å². The summed E-state index contributed by atoms with van der Waals surface area (Å²) in [5.41, 5.74) is 3.33. The SMILES string of the molecule is CC(C)(C)C(NN)C(C)(C)N1CCCC1. The Morgan fingerprint density at radius 3 is 1.87 bits per heavy atom. The van der Waals surface area contributed by atoms with Gasteiger partial charge in [0.1, 0.15) is 0 Å². The van der Waals surface area contributed by atoms with Crippen molar-refractivity contribution in [2.75, 3.05) is 13.1 Å². The Morgan fingerprint density at radius 1 is 1.07 bits per heavy atom. The first-order chi connectivity index (χ1) is 6.80. The van der Waals surface area contributed by atoms with Gasteiger partial charge in [-0.05, 0) is 45.2 Å². The summed E-state index contributed by atoms with van der Waals surface area (Å²) in [5, 5.41) is 0. The van der Waals surface area contributed by atoms with Crippen molar-refractivity contribution in [3.8, 4) is 0 Å². The highest BCUT2D eigenvalue weighted by molar-refractivity contribution is 4.99. The van der Waals surface area contributed by atoms with Gasteiger partial charge in [-0.15, -0.1) is 0 Å². The molecule has 1 unspecified atom stereocenters. The van der Waals surface area contributed by atoms with Crippen LogP contribution in [0.15, 0.2) is 0 Å². The monoisotopic (exact) mass is 213 g/mol. The van der Waals surface area contributed by atoms with Gasteiger partial charge >= 0.3 is 0 Å². The third-order valence-corrected chi connectivity index (χ3v) is 3.66. The summed E-state index contributed by atoms with van der Waals surface area (Å²) in [4.78, 5) is 2.56. The number of likely N-dealkylation sites (tertiary alicyclic amines) is 1. The molecular weight excluding hydrogens is 186 g/mol. The number of nitrogens with zero attached hydrogens (tertiary/aromatic N) is 1. The maximum absolute atomic E-state index is 5.74. The molecule has 0 amide bonds. The number of rotatable bonds is 3. The van der Waals surface area contributed by atoms with E-state index in [0.717, 1.165) is 0 Å². The Labute approximate surface area is 94.4 Å². The minimum Gasteiger partial charge on any atom is -0.297 e. The van der Waals surface area contributed by atoms with E-state index in [1.165, 1.54) is 25.9 Å². The van der Waals surface area contributed by atoms with Gasteiger partial charge in [-0.25, -0.2) is 0 Å². The van der Waals surface area contributed by atoms with E-state index in [2.05, 4.69) is 44.9 Å². The fourth-order valence-electron chi connectivity index (χ4n) is 2.99. The zero-order valence-corrected chi connectivity index (χ0v) is 10.9. The second-order valence-corrected chi connectivity index (χ2v) is 6.31. The van der Waals surface area contributed by atoms with Crippen molar-refractivity contribution in [1.82, 2.24) is 10.3 Å². The zero-order chi connectivity index (χ0) is 11.7. The van der Waals surface area contributed by atoms with Crippen molar-refractivity contribution in [2.24, 2.45) is 11.3 Å². The fourth-order valence-corrected chi connectivity index (χ4v) is 2.99. The third kappa shape index (κ3) is 2.71. The fraction of sp³-hybridized carbons (Fsp3) is 1.00. The average Bonchev–Trinajstić information content (AvgIpc) is 2.52. The van der Waals surface area contributed by atoms with Gasteiger partial charge in [-0.3, -0.25) is 16.2 Å². The molecule has 0 aromatic carbocycles. The highest BCUT2D eigenvalue weighted by atomic mass is 15.3. The van der Waals surface area contributed by atoms with Gasteiger partial charge < -0.3 is 0 Å². The lowest BCUT2D eigenvalue weighted by Gasteiger charge is -2.47. The highest BCUT2D eigenvalue weighted by Crippen LogP contribution is 2.33.